The Balaban J connectivity index is 3.00. The van der Waals surface area contributed by atoms with Gasteiger partial charge in [0.15, 0.2) is 0 Å². The van der Waals surface area contributed by atoms with Crippen LogP contribution >= 0.6 is 0 Å². The molecule has 0 bridgehead atoms. The van der Waals surface area contributed by atoms with Gasteiger partial charge in [-0.25, -0.2) is 9.78 Å². The Kier molecular flexibility index (Phi) is 2.47. The number of carbonyl (C=O) groups is 1. The van der Waals surface area contributed by atoms with Gasteiger partial charge in [0.1, 0.15) is 0 Å². The summed E-state index contributed by atoms with van der Waals surface area (Å²) in [6, 6.07) is 0. The van der Waals surface area contributed by atoms with Gasteiger partial charge in [0.2, 0.25) is 0 Å². The van der Waals surface area contributed by atoms with Gasteiger partial charge < -0.3 is 9.67 Å². The first-order valence-electron chi connectivity index (χ1n) is 4.29. The van der Waals surface area contributed by atoms with Crippen molar-refractivity contribution in [2.24, 2.45) is 0 Å². The quantitative estimate of drug-likeness (QED) is 0.729. The summed E-state index contributed by atoms with van der Waals surface area (Å²) in [5.41, 5.74) is 0.338. The molecule has 4 heteroatoms. The average Bonchev–Trinajstić information content (AvgIpc) is 2.49. The Bertz CT molecular complexity index is 372. The van der Waals surface area contributed by atoms with Gasteiger partial charge in [-0.3, -0.25) is 0 Å². The molecule has 4 nitrogen and oxygen atoms in total. The van der Waals surface area contributed by atoms with E-state index >= 15 is 0 Å². The van der Waals surface area contributed by atoms with Crippen LogP contribution in [0.25, 0.3) is 5.57 Å². The van der Waals surface area contributed by atoms with Crippen LogP contribution in [0.2, 0.25) is 0 Å². The van der Waals surface area contributed by atoms with Crippen molar-refractivity contribution in [2.45, 2.75) is 26.3 Å². The summed E-state index contributed by atoms with van der Waals surface area (Å²) in [5, 5.41) is 8.70. The largest absolute Gasteiger partial charge is 0.478 e. The zero-order valence-electron chi connectivity index (χ0n) is 8.61. The Morgan fingerprint density at radius 3 is 2.50 bits per heavy atom. The molecule has 0 aromatic carbocycles. The standard InChI is InChI=1S/C10H14N2O2/c1-7(9(13)14)8-5-12(6-11-8)10(2,3)4/h5-6H,1H2,2-4H3,(H,13,14). The summed E-state index contributed by atoms with van der Waals surface area (Å²) in [4.78, 5) is 14.6. The molecule has 0 spiro atoms. The third-order valence-corrected chi connectivity index (χ3v) is 1.92. The molecule has 14 heavy (non-hydrogen) atoms. The van der Waals surface area contributed by atoms with Crippen molar-refractivity contribution in [2.75, 3.05) is 0 Å². The maximum atomic E-state index is 10.6. The van der Waals surface area contributed by atoms with Crippen LogP contribution < -0.4 is 0 Å². The Morgan fingerprint density at radius 2 is 2.14 bits per heavy atom. The molecule has 0 atom stereocenters. The van der Waals surface area contributed by atoms with Crippen LogP contribution in [0, 0.1) is 0 Å². The summed E-state index contributed by atoms with van der Waals surface area (Å²) in [7, 11) is 0. The van der Waals surface area contributed by atoms with Gasteiger partial charge in [0.25, 0.3) is 0 Å². The molecule has 1 aromatic heterocycles. The lowest BCUT2D eigenvalue weighted by molar-refractivity contribution is -0.130. The second kappa shape index (κ2) is 3.29. The second-order valence-electron chi connectivity index (χ2n) is 4.12. The van der Waals surface area contributed by atoms with Crippen molar-refractivity contribution < 1.29 is 9.90 Å². The molecule has 1 N–H and O–H groups in total. The van der Waals surface area contributed by atoms with Gasteiger partial charge in [-0.15, -0.1) is 0 Å². The monoisotopic (exact) mass is 194 g/mol. The number of rotatable bonds is 2. The van der Waals surface area contributed by atoms with Gasteiger partial charge in [0.05, 0.1) is 17.6 Å². The van der Waals surface area contributed by atoms with Gasteiger partial charge in [0, 0.05) is 11.7 Å². The van der Waals surface area contributed by atoms with Crippen LogP contribution in [0.1, 0.15) is 26.5 Å². The van der Waals surface area contributed by atoms with E-state index in [4.69, 9.17) is 5.11 Å². The van der Waals surface area contributed by atoms with Crippen LogP contribution in [0.4, 0.5) is 0 Å². The van der Waals surface area contributed by atoms with Crippen molar-refractivity contribution >= 4 is 11.5 Å². The van der Waals surface area contributed by atoms with E-state index in [1.807, 2.05) is 25.3 Å². The van der Waals surface area contributed by atoms with Crippen LogP contribution in [0.3, 0.4) is 0 Å². The molecule has 76 valence electrons. The molecule has 1 aromatic rings. The van der Waals surface area contributed by atoms with E-state index in [-0.39, 0.29) is 11.1 Å². The molecule has 1 rings (SSSR count). The SMILES string of the molecule is C=C(C(=O)O)c1cn(C(C)(C)C)cn1. The van der Waals surface area contributed by atoms with Crippen molar-refractivity contribution in [1.29, 1.82) is 0 Å². The first-order chi connectivity index (χ1) is 6.32. The lowest BCUT2D eigenvalue weighted by Gasteiger charge is -2.19. The van der Waals surface area contributed by atoms with Crippen molar-refractivity contribution in [1.82, 2.24) is 9.55 Å². The number of carboxylic acids is 1. The Morgan fingerprint density at radius 1 is 1.57 bits per heavy atom. The lowest BCUT2D eigenvalue weighted by Crippen LogP contribution is -2.19. The molecular weight excluding hydrogens is 180 g/mol. The molecule has 0 aliphatic carbocycles. The first-order valence-corrected chi connectivity index (χ1v) is 4.29. The second-order valence-corrected chi connectivity index (χ2v) is 4.12. The third-order valence-electron chi connectivity index (χ3n) is 1.92. The summed E-state index contributed by atoms with van der Waals surface area (Å²) < 4.78 is 1.86. The highest BCUT2D eigenvalue weighted by molar-refractivity contribution is 6.13. The van der Waals surface area contributed by atoms with Gasteiger partial charge in [-0.1, -0.05) is 6.58 Å². The molecule has 0 unspecified atom stereocenters. The average molecular weight is 194 g/mol. The molecule has 0 fully saturated rings. The number of carboxylic acid groups (broad SMARTS) is 1. The van der Waals surface area contributed by atoms with E-state index < -0.39 is 5.97 Å². The van der Waals surface area contributed by atoms with Crippen LogP contribution in [0.5, 0.6) is 0 Å². The van der Waals surface area contributed by atoms with Crippen LogP contribution in [0.15, 0.2) is 19.1 Å². The van der Waals surface area contributed by atoms with E-state index in [1.54, 1.807) is 12.5 Å². The number of imidazole rings is 1. The number of nitrogens with zero attached hydrogens (tertiary/aromatic N) is 2. The normalized spacial score (nSPS) is 11.4. The highest BCUT2D eigenvalue weighted by atomic mass is 16.4. The molecule has 0 aliphatic rings. The summed E-state index contributed by atoms with van der Waals surface area (Å²) in [6.07, 6.45) is 3.31. The smallest absolute Gasteiger partial charge is 0.337 e. The summed E-state index contributed by atoms with van der Waals surface area (Å²) in [6.45, 7) is 9.49. The van der Waals surface area contributed by atoms with Crippen molar-refractivity contribution in [3.8, 4) is 0 Å². The minimum atomic E-state index is -1.04. The molecule has 0 saturated heterocycles. The fourth-order valence-corrected chi connectivity index (χ4v) is 0.955. The highest BCUT2D eigenvalue weighted by Crippen LogP contribution is 2.17. The van der Waals surface area contributed by atoms with Crippen LogP contribution in [-0.4, -0.2) is 20.6 Å². The number of hydrogen-bond acceptors (Lipinski definition) is 2. The Labute approximate surface area is 82.9 Å². The third kappa shape index (κ3) is 2.02. The fourth-order valence-electron chi connectivity index (χ4n) is 0.955. The summed E-state index contributed by atoms with van der Waals surface area (Å²) >= 11 is 0. The summed E-state index contributed by atoms with van der Waals surface area (Å²) in [5.74, 6) is -1.04. The highest BCUT2D eigenvalue weighted by Gasteiger charge is 2.16. The van der Waals surface area contributed by atoms with Crippen molar-refractivity contribution in [3.63, 3.8) is 0 Å². The predicted octanol–water partition coefficient (Wildman–Crippen LogP) is 1.74. The molecule has 0 radical (unpaired) electrons. The maximum absolute atomic E-state index is 10.6. The Hall–Kier alpha value is -1.58. The predicted molar refractivity (Wildman–Crippen MR) is 53.9 cm³/mol. The number of hydrogen-bond donors (Lipinski definition) is 1. The maximum Gasteiger partial charge on any atom is 0.337 e. The molecule has 0 aliphatic heterocycles. The van der Waals surface area contributed by atoms with E-state index in [1.165, 1.54) is 0 Å². The van der Waals surface area contributed by atoms with Gasteiger partial charge in [-0.05, 0) is 20.8 Å². The van der Waals surface area contributed by atoms with E-state index in [0.29, 0.717) is 5.69 Å². The zero-order valence-corrected chi connectivity index (χ0v) is 8.61. The molecule has 0 amide bonds. The molecular formula is C10H14N2O2. The van der Waals surface area contributed by atoms with E-state index in [9.17, 15) is 4.79 Å². The number of aliphatic carboxylic acids is 1. The van der Waals surface area contributed by atoms with Gasteiger partial charge in [-0.2, -0.15) is 0 Å². The molecule has 0 saturated carbocycles. The number of aromatic nitrogens is 2. The zero-order chi connectivity index (χ0) is 10.9. The van der Waals surface area contributed by atoms with Crippen LogP contribution in [-0.2, 0) is 10.3 Å². The lowest BCUT2D eigenvalue weighted by atomic mass is 10.1. The van der Waals surface area contributed by atoms with E-state index in [2.05, 4.69) is 11.6 Å². The minimum Gasteiger partial charge on any atom is -0.478 e. The van der Waals surface area contributed by atoms with Gasteiger partial charge >= 0.3 is 5.97 Å². The molecule has 1 heterocycles. The first kappa shape index (κ1) is 10.5. The van der Waals surface area contributed by atoms with Crippen molar-refractivity contribution in [3.05, 3.63) is 24.8 Å². The topological polar surface area (TPSA) is 55.1 Å². The fraction of sp³-hybridized carbons (Fsp3) is 0.400. The minimum absolute atomic E-state index is 0.0213. The van der Waals surface area contributed by atoms with E-state index in [0.717, 1.165) is 0 Å².